The maximum absolute atomic E-state index is 14.4. The molecule has 62 heavy (non-hydrogen) atoms. The van der Waals surface area contributed by atoms with Crippen molar-refractivity contribution in [3.05, 3.63) is 82.4 Å². The lowest BCUT2D eigenvalue weighted by atomic mass is 9.93. The van der Waals surface area contributed by atoms with E-state index in [0.717, 1.165) is 29.7 Å². The van der Waals surface area contributed by atoms with Crippen LogP contribution in [-0.4, -0.2) is 104 Å². The number of hydrogen-bond acceptors (Lipinski definition) is 11. The van der Waals surface area contributed by atoms with E-state index in [1.807, 2.05) is 25.1 Å². The lowest BCUT2D eigenvalue weighted by Gasteiger charge is -2.32. The molecule has 0 spiro atoms. The van der Waals surface area contributed by atoms with Crippen LogP contribution in [-0.2, 0) is 32.0 Å². The normalized spacial score (nSPS) is 16.7. The molecule has 4 bridgehead atoms. The number of ether oxygens (including phenoxy) is 2. The highest BCUT2D eigenvalue weighted by atomic mass is 16.5. The molecule has 0 radical (unpaired) electrons. The van der Waals surface area contributed by atoms with E-state index in [-0.39, 0.29) is 39.3 Å². The van der Waals surface area contributed by atoms with E-state index >= 15 is 0 Å². The first kappa shape index (κ1) is 48.6. The molecule has 0 fully saturated rings. The summed E-state index contributed by atoms with van der Waals surface area (Å²) in [6.45, 7) is 5.03. The summed E-state index contributed by atoms with van der Waals surface area (Å²) in [5.41, 5.74) is 15.6. The fourth-order valence-corrected chi connectivity index (χ4v) is 7.37. The second-order valence-electron chi connectivity index (χ2n) is 15.5. The van der Waals surface area contributed by atoms with E-state index in [2.05, 4.69) is 28.2 Å². The van der Waals surface area contributed by atoms with E-state index in [0.29, 0.717) is 44.9 Å². The minimum absolute atomic E-state index is 0.00349. The van der Waals surface area contributed by atoms with Crippen LogP contribution in [0.25, 0.3) is 11.1 Å². The van der Waals surface area contributed by atoms with E-state index in [1.165, 1.54) is 39.7 Å². The van der Waals surface area contributed by atoms with Gasteiger partial charge in [0.25, 0.3) is 5.91 Å². The van der Waals surface area contributed by atoms with Crippen molar-refractivity contribution in [1.82, 2.24) is 26.2 Å². The number of aliphatic hydroxyl groups excluding tert-OH is 1. The van der Waals surface area contributed by atoms with Crippen LogP contribution in [0.1, 0.15) is 91.0 Å². The number of nitrogens with one attached hydrogen (secondary N) is 4. The number of rotatable bonds is 20. The topological polar surface area (TPSA) is 251 Å². The molecule has 4 atom stereocenters. The Hall–Kier alpha value is -6.02. The van der Waals surface area contributed by atoms with Gasteiger partial charge in [-0.2, -0.15) is 5.26 Å². The Kier molecular flexibility index (Phi) is 19.2. The highest BCUT2D eigenvalue weighted by Crippen LogP contribution is 2.40. The Labute approximate surface area is 364 Å². The SMILES string of the molecule is CCCCCCCCc1ccc(C(=O)N[C@@H](CO)C(=O)N(C)[C@@H]2C(=O)N[C@@H](C)C(=O)N[C@H](C(=O)NCC#N)Cc3ccc(OCCN)c(c3)-c3cc2ccc3OCCN)c(C)c1. The maximum Gasteiger partial charge on any atom is 0.252 e. The van der Waals surface area contributed by atoms with Crippen molar-refractivity contribution in [2.24, 2.45) is 11.5 Å². The number of carbonyl (C=O) groups is 5. The summed E-state index contributed by atoms with van der Waals surface area (Å²) in [6.07, 6.45) is 7.90. The van der Waals surface area contributed by atoms with Gasteiger partial charge in [-0.25, -0.2) is 0 Å². The number of aliphatic hydroxyl groups is 1. The highest BCUT2D eigenvalue weighted by molar-refractivity contribution is 6.00. The molecule has 0 saturated heterocycles. The molecule has 1 aliphatic rings. The van der Waals surface area contributed by atoms with Crippen molar-refractivity contribution in [2.45, 2.75) is 96.3 Å². The third-order valence-corrected chi connectivity index (χ3v) is 10.7. The summed E-state index contributed by atoms with van der Waals surface area (Å²) in [6, 6.07) is 12.2. The molecular weight excluding hydrogens is 793 g/mol. The summed E-state index contributed by atoms with van der Waals surface area (Å²) in [4.78, 5) is 70.4. The number of amides is 5. The van der Waals surface area contributed by atoms with Crippen LogP contribution in [0, 0.1) is 18.3 Å². The zero-order valence-electron chi connectivity index (χ0n) is 36.3. The van der Waals surface area contributed by atoms with Gasteiger partial charge in [0, 0.05) is 43.2 Å². The van der Waals surface area contributed by atoms with Crippen LogP contribution in [0.5, 0.6) is 11.5 Å². The van der Waals surface area contributed by atoms with Gasteiger partial charge >= 0.3 is 0 Å². The minimum atomic E-state index is -1.46. The molecule has 334 valence electrons. The molecule has 3 aromatic rings. The van der Waals surface area contributed by atoms with Gasteiger partial charge in [0.15, 0.2) is 0 Å². The summed E-state index contributed by atoms with van der Waals surface area (Å²) in [5.74, 6) is -2.70. The number of likely N-dealkylation sites (N-methyl/N-ethyl adjacent to an activating group) is 1. The first-order valence-corrected chi connectivity index (χ1v) is 21.3. The van der Waals surface area contributed by atoms with Crippen molar-refractivity contribution in [2.75, 3.05) is 46.5 Å². The quantitative estimate of drug-likeness (QED) is 0.0643. The number of fused-ring (bicyclic) bond motifs is 5. The summed E-state index contributed by atoms with van der Waals surface area (Å²) >= 11 is 0. The molecule has 0 saturated carbocycles. The number of carbonyl (C=O) groups excluding carboxylic acids is 5. The molecule has 3 aromatic carbocycles. The van der Waals surface area contributed by atoms with Crippen LogP contribution < -0.4 is 42.2 Å². The Bertz CT molecular complexity index is 2070. The van der Waals surface area contributed by atoms with Crippen LogP contribution in [0.4, 0.5) is 0 Å². The molecule has 5 amide bonds. The molecule has 1 heterocycles. The van der Waals surface area contributed by atoms with Crippen LogP contribution in [0.3, 0.4) is 0 Å². The average molecular weight is 855 g/mol. The van der Waals surface area contributed by atoms with Crippen molar-refractivity contribution in [3.63, 3.8) is 0 Å². The van der Waals surface area contributed by atoms with E-state index < -0.39 is 60.3 Å². The van der Waals surface area contributed by atoms with E-state index in [9.17, 15) is 29.1 Å². The van der Waals surface area contributed by atoms with Crippen LogP contribution in [0.2, 0.25) is 0 Å². The summed E-state index contributed by atoms with van der Waals surface area (Å²) in [5, 5.41) is 30.2. The Balaban J connectivity index is 1.74. The highest BCUT2D eigenvalue weighted by Gasteiger charge is 2.36. The largest absolute Gasteiger partial charge is 0.492 e. The van der Waals surface area contributed by atoms with Crippen molar-refractivity contribution in [1.29, 1.82) is 5.26 Å². The molecule has 9 N–H and O–H groups in total. The van der Waals surface area contributed by atoms with E-state index in [1.54, 1.807) is 42.5 Å². The third-order valence-electron chi connectivity index (χ3n) is 10.7. The summed E-state index contributed by atoms with van der Waals surface area (Å²) < 4.78 is 12.1. The average Bonchev–Trinajstić information content (AvgIpc) is 3.26. The number of hydrogen-bond donors (Lipinski definition) is 7. The van der Waals surface area contributed by atoms with E-state index in [4.69, 9.17) is 26.2 Å². The third kappa shape index (κ3) is 13.2. The number of nitrogens with two attached hydrogens (primary N) is 2. The molecule has 1 aliphatic heterocycles. The monoisotopic (exact) mass is 854 g/mol. The number of nitriles is 1. The van der Waals surface area contributed by atoms with Gasteiger partial charge in [-0.05, 0) is 79.3 Å². The van der Waals surface area contributed by atoms with Gasteiger partial charge < -0.3 is 52.2 Å². The van der Waals surface area contributed by atoms with Gasteiger partial charge in [-0.3, -0.25) is 24.0 Å². The predicted octanol–water partition coefficient (Wildman–Crippen LogP) is 2.72. The first-order chi connectivity index (χ1) is 29.9. The zero-order valence-corrected chi connectivity index (χ0v) is 36.3. The summed E-state index contributed by atoms with van der Waals surface area (Å²) in [7, 11) is 1.36. The van der Waals surface area contributed by atoms with Gasteiger partial charge in [0.05, 0.1) is 12.7 Å². The van der Waals surface area contributed by atoms with Gasteiger partial charge in [0.1, 0.15) is 55.4 Å². The maximum atomic E-state index is 14.4. The number of aryl methyl sites for hydroxylation is 2. The zero-order chi connectivity index (χ0) is 45.2. The Morgan fingerprint density at radius 3 is 2.23 bits per heavy atom. The first-order valence-electron chi connectivity index (χ1n) is 21.3. The standard InChI is InChI=1S/C46H62N8O8/c1-5-6-7-8-9-10-11-31-12-15-34(29(2)24-31)43(57)53-38(28-55)46(60)54(4)41-33-14-17-40(62-23-20-49)36(27-33)35-25-32(13-16-39(35)61-22-19-48)26-37(44(58)50-21-18-47)52-42(56)30(3)51-45(41)59/h12-17,24-25,27,30,37-38,41,55H,5-11,19-23,26,28,48-49H2,1-4H3,(H,50,58)(H,51,59)(H,52,56)(H,53,57)/t30-,37-,38-,41-/m0/s1. The molecule has 4 rings (SSSR count). The van der Waals surface area contributed by atoms with Gasteiger partial charge in [-0.15, -0.1) is 0 Å². The van der Waals surface area contributed by atoms with Crippen LogP contribution >= 0.6 is 0 Å². The van der Waals surface area contributed by atoms with Gasteiger partial charge in [-0.1, -0.05) is 63.3 Å². The number of benzene rings is 3. The number of nitrogens with zero attached hydrogens (tertiary/aromatic N) is 2. The van der Waals surface area contributed by atoms with Gasteiger partial charge in [0.2, 0.25) is 23.6 Å². The van der Waals surface area contributed by atoms with Crippen molar-refractivity contribution < 1.29 is 38.6 Å². The molecule has 16 heteroatoms. The minimum Gasteiger partial charge on any atom is -0.492 e. The number of unbranched alkanes of at least 4 members (excludes halogenated alkanes) is 5. The molecule has 0 aromatic heterocycles. The fraction of sp³-hybridized carbons (Fsp3) is 0.478. The Morgan fingerprint density at radius 1 is 0.919 bits per heavy atom. The Morgan fingerprint density at radius 2 is 1.58 bits per heavy atom. The lowest BCUT2D eigenvalue weighted by molar-refractivity contribution is -0.142. The lowest BCUT2D eigenvalue weighted by Crippen LogP contribution is -2.56. The molecular formula is C46H62N8O8. The fourth-order valence-electron chi connectivity index (χ4n) is 7.37. The van der Waals surface area contributed by atoms with Crippen molar-refractivity contribution in [3.8, 4) is 28.7 Å². The smallest absolute Gasteiger partial charge is 0.252 e. The molecule has 16 nitrogen and oxygen atoms in total. The second kappa shape index (κ2) is 24.4. The predicted molar refractivity (Wildman–Crippen MR) is 235 cm³/mol. The van der Waals surface area contributed by atoms with Crippen LogP contribution in [0.15, 0.2) is 54.6 Å². The molecule has 0 unspecified atom stereocenters. The molecule has 0 aliphatic carbocycles. The van der Waals surface area contributed by atoms with Crippen molar-refractivity contribution >= 4 is 29.5 Å². The second-order valence-corrected chi connectivity index (χ2v) is 15.5.